The van der Waals surface area contributed by atoms with Gasteiger partial charge >= 0.3 is 0 Å². The molecule has 6 nitrogen and oxygen atoms in total. The smallest absolute Gasteiger partial charge is 0.147 e. The number of aromatic amines is 2. The number of hydrogen-bond acceptors (Lipinski definition) is 4. The number of nitrogens with one attached hydrogen (secondary N) is 2. The van der Waals surface area contributed by atoms with Crippen molar-refractivity contribution >= 4 is 31.6 Å². The van der Waals surface area contributed by atoms with Crippen LogP contribution in [0.1, 0.15) is 5.56 Å². The third-order valence-electron chi connectivity index (χ3n) is 6.47. The van der Waals surface area contributed by atoms with E-state index in [4.69, 9.17) is 0 Å². The summed E-state index contributed by atoms with van der Waals surface area (Å²) in [4.78, 5) is 7.92. The highest BCUT2D eigenvalue weighted by atomic mass is 32.2. The van der Waals surface area contributed by atoms with Crippen molar-refractivity contribution in [3.8, 4) is 33.8 Å². The van der Waals surface area contributed by atoms with Gasteiger partial charge in [-0.05, 0) is 71.6 Å². The Balaban J connectivity index is 1.44. The largest absolute Gasteiger partial charge is 0.353 e. The van der Waals surface area contributed by atoms with E-state index in [9.17, 15) is 12.8 Å². The van der Waals surface area contributed by atoms with Gasteiger partial charge in [0, 0.05) is 34.3 Å². The van der Waals surface area contributed by atoms with Crippen LogP contribution in [0, 0.1) is 5.82 Å². The molecule has 0 fully saturated rings. The summed E-state index contributed by atoms with van der Waals surface area (Å²) in [6.07, 6.45) is 3.22. The molecule has 0 saturated carbocycles. The fourth-order valence-corrected chi connectivity index (χ4v) is 5.31. The maximum atomic E-state index is 14.5. The first kappa shape index (κ1) is 23.1. The monoisotopic (exact) mass is 510 g/mol. The maximum absolute atomic E-state index is 14.5. The fourth-order valence-electron chi connectivity index (χ4n) is 4.70. The van der Waals surface area contributed by atoms with E-state index in [0.29, 0.717) is 11.1 Å². The van der Waals surface area contributed by atoms with Gasteiger partial charge in [-0.15, -0.1) is 0 Å². The minimum Gasteiger partial charge on any atom is -0.353 e. The topological polar surface area (TPSA) is 91.5 Å². The van der Waals surface area contributed by atoms with Gasteiger partial charge in [-0.25, -0.2) is 12.8 Å². The Morgan fingerprint density at radius 1 is 0.865 bits per heavy atom. The van der Waals surface area contributed by atoms with E-state index in [-0.39, 0.29) is 12.2 Å². The molecule has 0 saturated heterocycles. The zero-order valence-electron chi connectivity index (χ0n) is 20.0. The summed E-state index contributed by atoms with van der Waals surface area (Å²) in [5.41, 5.74) is 7.50. The van der Waals surface area contributed by atoms with Crippen LogP contribution in [0.2, 0.25) is 0 Å². The van der Waals surface area contributed by atoms with Crippen molar-refractivity contribution in [3.05, 3.63) is 96.4 Å². The average Bonchev–Trinajstić information content (AvgIpc) is 3.51. The zero-order chi connectivity index (χ0) is 25.6. The molecule has 6 aromatic rings. The van der Waals surface area contributed by atoms with E-state index in [1.54, 1.807) is 6.20 Å². The van der Waals surface area contributed by atoms with Crippen LogP contribution >= 0.6 is 0 Å². The molecule has 0 amide bonds. The van der Waals surface area contributed by atoms with Gasteiger partial charge in [0.1, 0.15) is 21.3 Å². The Bertz CT molecular complexity index is 1880. The van der Waals surface area contributed by atoms with Crippen LogP contribution < -0.4 is 0 Å². The van der Waals surface area contributed by atoms with Crippen LogP contribution in [0.5, 0.6) is 0 Å². The molecule has 0 spiro atoms. The molecule has 0 bridgehead atoms. The molecule has 0 aliphatic carbocycles. The summed E-state index contributed by atoms with van der Waals surface area (Å²) in [6, 6.07) is 24.5. The molecule has 3 heterocycles. The molecule has 3 aromatic carbocycles. The van der Waals surface area contributed by atoms with Crippen LogP contribution in [0.4, 0.5) is 4.39 Å². The number of rotatable bonds is 6. The zero-order valence-corrected chi connectivity index (χ0v) is 20.8. The number of aromatic nitrogens is 4. The van der Waals surface area contributed by atoms with Crippen LogP contribution in [0.15, 0.2) is 85.1 Å². The molecule has 8 heteroatoms. The molecule has 6 rings (SSSR count). The van der Waals surface area contributed by atoms with Crippen molar-refractivity contribution in [2.75, 3.05) is 12.0 Å². The lowest BCUT2D eigenvalue weighted by molar-refractivity contribution is 0.600. The number of pyridine rings is 1. The molecule has 184 valence electrons. The summed E-state index contributed by atoms with van der Waals surface area (Å²) in [7, 11) is -3.15. The van der Waals surface area contributed by atoms with E-state index < -0.39 is 15.7 Å². The standard InChI is InChI=1S/C29H23FN4O2S/c1-37(35,36)12-10-18-13-20(15-21(30)14-18)22-5-4-7-26-23(22)17-28(32-26)29-24-16-19(8-9-27(24)33-34-29)25-6-2-3-11-31-25/h2-9,11,13-17,32H,10,12H2,1H3,(H,33,34). The number of hydrogen-bond donors (Lipinski definition) is 2. The van der Waals surface area contributed by atoms with Gasteiger partial charge < -0.3 is 4.98 Å². The first-order valence-corrected chi connectivity index (χ1v) is 13.9. The number of benzene rings is 3. The van der Waals surface area contributed by atoms with Crippen LogP contribution in [-0.4, -0.2) is 40.6 Å². The van der Waals surface area contributed by atoms with Gasteiger partial charge in [0.05, 0.1) is 22.7 Å². The second kappa shape index (κ2) is 8.97. The van der Waals surface area contributed by atoms with Crippen LogP contribution in [0.3, 0.4) is 0 Å². The minimum absolute atomic E-state index is 0.0267. The highest BCUT2D eigenvalue weighted by Gasteiger charge is 2.15. The lowest BCUT2D eigenvalue weighted by atomic mass is 9.98. The third-order valence-corrected chi connectivity index (χ3v) is 7.42. The third kappa shape index (κ3) is 4.63. The highest BCUT2D eigenvalue weighted by molar-refractivity contribution is 7.90. The van der Waals surface area contributed by atoms with E-state index in [2.05, 4.69) is 26.2 Å². The number of sulfone groups is 1. The van der Waals surface area contributed by atoms with Crippen molar-refractivity contribution in [1.29, 1.82) is 0 Å². The molecule has 2 N–H and O–H groups in total. The number of H-pyrrole nitrogens is 2. The molecular formula is C29H23FN4O2S. The van der Waals surface area contributed by atoms with Crippen molar-refractivity contribution in [1.82, 2.24) is 20.2 Å². The number of nitrogens with zero attached hydrogens (tertiary/aromatic N) is 2. The summed E-state index contributed by atoms with van der Waals surface area (Å²) in [5, 5.41) is 9.58. The van der Waals surface area contributed by atoms with E-state index >= 15 is 0 Å². The Morgan fingerprint density at radius 3 is 2.57 bits per heavy atom. The van der Waals surface area contributed by atoms with E-state index in [1.165, 1.54) is 18.4 Å². The van der Waals surface area contributed by atoms with Crippen molar-refractivity contribution in [2.24, 2.45) is 0 Å². The molecule has 0 unspecified atom stereocenters. The predicted octanol–water partition coefficient (Wildman–Crippen LogP) is 6.17. The van der Waals surface area contributed by atoms with Gasteiger partial charge in [-0.3, -0.25) is 10.1 Å². The number of fused-ring (bicyclic) bond motifs is 2. The molecule has 3 aromatic heterocycles. The van der Waals surface area contributed by atoms with Gasteiger partial charge in [-0.1, -0.05) is 30.3 Å². The molecule has 0 radical (unpaired) electrons. The van der Waals surface area contributed by atoms with Gasteiger partial charge in [0.15, 0.2) is 0 Å². The Kier molecular flexibility index (Phi) is 5.61. The predicted molar refractivity (Wildman–Crippen MR) is 145 cm³/mol. The van der Waals surface area contributed by atoms with E-state index in [0.717, 1.165) is 50.0 Å². The second-order valence-electron chi connectivity index (χ2n) is 9.23. The molecule has 0 aliphatic rings. The summed E-state index contributed by atoms with van der Waals surface area (Å²) in [5.74, 6) is -0.421. The van der Waals surface area contributed by atoms with Crippen LogP contribution in [0.25, 0.3) is 55.6 Å². The van der Waals surface area contributed by atoms with Crippen molar-refractivity contribution < 1.29 is 12.8 Å². The quantitative estimate of drug-likeness (QED) is 0.280. The maximum Gasteiger partial charge on any atom is 0.147 e. The van der Waals surface area contributed by atoms with Crippen molar-refractivity contribution in [2.45, 2.75) is 6.42 Å². The van der Waals surface area contributed by atoms with Gasteiger partial charge in [-0.2, -0.15) is 5.10 Å². The lowest BCUT2D eigenvalue weighted by Gasteiger charge is -2.08. The molecular weight excluding hydrogens is 487 g/mol. The molecule has 0 aliphatic heterocycles. The van der Waals surface area contributed by atoms with Gasteiger partial charge in [0.2, 0.25) is 0 Å². The van der Waals surface area contributed by atoms with Gasteiger partial charge in [0.25, 0.3) is 0 Å². The lowest BCUT2D eigenvalue weighted by Crippen LogP contribution is -2.06. The van der Waals surface area contributed by atoms with Crippen molar-refractivity contribution in [3.63, 3.8) is 0 Å². The Hall–Kier alpha value is -4.30. The highest BCUT2D eigenvalue weighted by Crippen LogP contribution is 2.35. The number of halogens is 1. The first-order chi connectivity index (χ1) is 17.8. The Morgan fingerprint density at radius 2 is 1.76 bits per heavy atom. The summed E-state index contributed by atoms with van der Waals surface area (Å²) < 4.78 is 37.8. The average molecular weight is 511 g/mol. The minimum atomic E-state index is -3.15. The fraction of sp³-hybridized carbons (Fsp3) is 0.103. The number of aryl methyl sites for hydroxylation is 1. The second-order valence-corrected chi connectivity index (χ2v) is 11.5. The Labute approximate surface area is 213 Å². The molecule has 37 heavy (non-hydrogen) atoms. The summed E-state index contributed by atoms with van der Waals surface area (Å²) in [6.45, 7) is 0. The van der Waals surface area contributed by atoms with Crippen LogP contribution in [-0.2, 0) is 16.3 Å². The van der Waals surface area contributed by atoms with E-state index in [1.807, 2.05) is 60.7 Å². The molecule has 0 atom stereocenters. The normalized spacial score (nSPS) is 11.9. The first-order valence-electron chi connectivity index (χ1n) is 11.8. The SMILES string of the molecule is CS(=O)(=O)CCc1cc(F)cc(-c2cccc3[nH]c(-c4n[nH]c5ccc(-c6ccccn6)cc45)cc23)c1. The summed E-state index contributed by atoms with van der Waals surface area (Å²) >= 11 is 0.